The Labute approximate surface area is 159 Å². The molecule has 0 spiro atoms. The van der Waals surface area contributed by atoms with Crippen LogP contribution in [0.1, 0.15) is 58.6 Å². The fourth-order valence-electron chi connectivity index (χ4n) is 3.65. The Bertz CT molecular complexity index is 780. The van der Waals surface area contributed by atoms with Crippen LogP contribution in [0.2, 0.25) is 0 Å². The highest BCUT2D eigenvalue weighted by atomic mass is 16.3. The van der Waals surface area contributed by atoms with Gasteiger partial charge in [-0.1, -0.05) is 25.3 Å². The minimum atomic E-state index is -0.345. The number of nitrogens with one attached hydrogen (secondary N) is 2. The lowest BCUT2D eigenvalue weighted by atomic mass is 9.84. The number of anilines is 1. The highest BCUT2D eigenvalue weighted by Gasteiger charge is 2.24. The van der Waals surface area contributed by atoms with E-state index in [-0.39, 0.29) is 23.6 Å². The average Bonchev–Trinajstić information content (AvgIpc) is 3.23. The van der Waals surface area contributed by atoms with Crippen molar-refractivity contribution in [2.45, 2.75) is 45.1 Å². The van der Waals surface area contributed by atoms with Gasteiger partial charge in [0.2, 0.25) is 0 Å². The number of benzene rings is 1. The summed E-state index contributed by atoms with van der Waals surface area (Å²) in [6.07, 6.45) is 7.33. The highest BCUT2D eigenvalue weighted by Crippen LogP contribution is 2.26. The van der Waals surface area contributed by atoms with Crippen LogP contribution in [0.15, 0.2) is 41.0 Å². The van der Waals surface area contributed by atoms with Crippen LogP contribution in [-0.4, -0.2) is 24.4 Å². The lowest BCUT2D eigenvalue weighted by molar-refractivity contribution is 0.0914. The first kappa shape index (κ1) is 19.2. The Morgan fingerprint density at radius 2 is 1.96 bits per heavy atom. The molecule has 0 radical (unpaired) electrons. The second-order valence-electron chi connectivity index (χ2n) is 7.17. The van der Waals surface area contributed by atoms with Crippen molar-refractivity contribution in [2.75, 3.05) is 11.9 Å². The fraction of sp³-hybridized carbons (Fsp3) is 0.429. The van der Waals surface area contributed by atoms with Crippen LogP contribution in [0, 0.1) is 12.8 Å². The number of furan rings is 1. The number of carbonyl (C=O) groups is 2. The minimum Gasteiger partial charge on any atom is -0.459 e. The van der Waals surface area contributed by atoms with E-state index >= 15 is 0 Å². The summed E-state index contributed by atoms with van der Waals surface area (Å²) in [7, 11) is 0. The largest absolute Gasteiger partial charge is 0.459 e. The van der Waals surface area contributed by atoms with Gasteiger partial charge in [0.05, 0.1) is 6.26 Å². The molecule has 1 heterocycles. The van der Waals surface area contributed by atoms with Crippen LogP contribution in [0.5, 0.6) is 0 Å². The smallest absolute Gasteiger partial charge is 0.291 e. The standard InChI is InChI=1S/C21H27N3O3/c1-14-9-10-16(12-17(14)23-21(26)19-8-5-11-27-19)20(25)24-18(13-22)15-6-3-2-4-7-15/h5,8-12,15,18H,2-4,6-7,13,22H2,1H3,(H,23,26)(H,24,25). The van der Waals surface area contributed by atoms with Crippen molar-refractivity contribution in [1.29, 1.82) is 0 Å². The summed E-state index contributed by atoms with van der Waals surface area (Å²) < 4.78 is 5.11. The van der Waals surface area contributed by atoms with Gasteiger partial charge < -0.3 is 20.8 Å². The van der Waals surface area contributed by atoms with Gasteiger partial charge in [0.1, 0.15) is 0 Å². The Hall–Kier alpha value is -2.60. The number of carbonyl (C=O) groups excluding carboxylic acids is 2. The molecule has 0 saturated heterocycles. The number of aryl methyl sites for hydroxylation is 1. The van der Waals surface area contributed by atoms with Gasteiger partial charge in [-0.05, 0) is 55.5 Å². The number of nitrogens with two attached hydrogens (primary N) is 1. The summed E-state index contributed by atoms with van der Waals surface area (Å²) in [5.41, 5.74) is 7.88. The monoisotopic (exact) mass is 369 g/mol. The maximum atomic E-state index is 12.7. The van der Waals surface area contributed by atoms with Gasteiger partial charge in [-0.3, -0.25) is 9.59 Å². The van der Waals surface area contributed by atoms with Gasteiger partial charge in [0.25, 0.3) is 11.8 Å². The SMILES string of the molecule is Cc1ccc(C(=O)NC(CN)C2CCCCC2)cc1NC(=O)c1ccco1. The van der Waals surface area contributed by atoms with E-state index in [9.17, 15) is 9.59 Å². The molecule has 1 aliphatic rings. The third kappa shape index (κ3) is 4.77. The zero-order chi connectivity index (χ0) is 19.2. The van der Waals surface area contributed by atoms with E-state index in [1.165, 1.54) is 25.5 Å². The third-order valence-corrected chi connectivity index (χ3v) is 5.28. The van der Waals surface area contributed by atoms with Crippen LogP contribution in [0.4, 0.5) is 5.69 Å². The summed E-state index contributed by atoms with van der Waals surface area (Å²) >= 11 is 0. The van der Waals surface area contributed by atoms with Gasteiger partial charge in [-0.25, -0.2) is 0 Å². The van der Waals surface area contributed by atoms with Gasteiger partial charge >= 0.3 is 0 Å². The van der Waals surface area contributed by atoms with Crippen LogP contribution in [0.25, 0.3) is 0 Å². The molecule has 1 aromatic carbocycles. The third-order valence-electron chi connectivity index (χ3n) is 5.28. The van der Waals surface area contributed by atoms with Crippen molar-refractivity contribution in [3.8, 4) is 0 Å². The maximum absolute atomic E-state index is 12.7. The summed E-state index contributed by atoms with van der Waals surface area (Å²) in [4.78, 5) is 25.0. The van der Waals surface area contributed by atoms with E-state index in [0.717, 1.165) is 18.4 Å². The molecule has 1 aromatic heterocycles. The summed E-state index contributed by atoms with van der Waals surface area (Å²) in [6.45, 7) is 2.31. The molecule has 27 heavy (non-hydrogen) atoms. The van der Waals surface area contributed by atoms with Crippen molar-refractivity contribution < 1.29 is 14.0 Å². The molecule has 4 N–H and O–H groups in total. The molecule has 3 rings (SSSR count). The molecule has 1 atom stereocenters. The molecule has 6 nitrogen and oxygen atoms in total. The normalized spacial score (nSPS) is 15.9. The maximum Gasteiger partial charge on any atom is 0.291 e. The molecule has 1 fully saturated rings. The van der Waals surface area contributed by atoms with Gasteiger partial charge in [0, 0.05) is 23.8 Å². The molecule has 1 saturated carbocycles. The first-order valence-corrected chi connectivity index (χ1v) is 9.55. The lowest BCUT2D eigenvalue weighted by Gasteiger charge is -2.30. The first-order chi connectivity index (χ1) is 13.1. The predicted octanol–water partition coefficient (Wildman–Crippen LogP) is 3.48. The summed E-state index contributed by atoms with van der Waals surface area (Å²) in [5, 5.41) is 5.89. The van der Waals surface area contributed by atoms with Crippen LogP contribution >= 0.6 is 0 Å². The van der Waals surface area contributed by atoms with E-state index in [1.807, 2.05) is 13.0 Å². The number of hydrogen-bond acceptors (Lipinski definition) is 4. The minimum absolute atomic E-state index is 0.0136. The Kier molecular flexibility index (Phi) is 6.29. The Morgan fingerprint density at radius 1 is 1.19 bits per heavy atom. The van der Waals surface area contributed by atoms with E-state index < -0.39 is 0 Å². The van der Waals surface area contributed by atoms with E-state index in [4.69, 9.17) is 10.2 Å². The molecule has 0 aliphatic heterocycles. The molecular weight excluding hydrogens is 342 g/mol. The van der Waals surface area contributed by atoms with Crippen molar-refractivity contribution in [2.24, 2.45) is 11.7 Å². The number of hydrogen-bond donors (Lipinski definition) is 3. The molecule has 2 amide bonds. The molecule has 144 valence electrons. The van der Waals surface area contributed by atoms with Gasteiger partial charge in [-0.2, -0.15) is 0 Å². The Balaban J connectivity index is 1.70. The number of rotatable bonds is 6. The summed E-state index contributed by atoms with van der Waals surface area (Å²) in [6, 6.07) is 8.52. The lowest BCUT2D eigenvalue weighted by Crippen LogP contribution is -2.45. The second-order valence-corrected chi connectivity index (χ2v) is 7.17. The van der Waals surface area contributed by atoms with Crippen molar-refractivity contribution >= 4 is 17.5 Å². The van der Waals surface area contributed by atoms with Gasteiger partial charge in [-0.15, -0.1) is 0 Å². The zero-order valence-corrected chi connectivity index (χ0v) is 15.7. The fourth-order valence-corrected chi connectivity index (χ4v) is 3.65. The van der Waals surface area contributed by atoms with E-state index in [0.29, 0.717) is 23.7 Å². The van der Waals surface area contributed by atoms with E-state index in [1.54, 1.807) is 24.3 Å². The second kappa shape index (κ2) is 8.86. The van der Waals surface area contributed by atoms with Crippen LogP contribution in [-0.2, 0) is 0 Å². The molecule has 0 bridgehead atoms. The average molecular weight is 369 g/mol. The molecule has 1 unspecified atom stereocenters. The quantitative estimate of drug-likeness (QED) is 0.726. The van der Waals surface area contributed by atoms with Crippen molar-refractivity contribution in [1.82, 2.24) is 5.32 Å². The van der Waals surface area contributed by atoms with E-state index in [2.05, 4.69) is 10.6 Å². The molecular formula is C21H27N3O3. The molecule has 1 aliphatic carbocycles. The topological polar surface area (TPSA) is 97.4 Å². The van der Waals surface area contributed by atoms with Gasteiger partial charge in [0.15, 0.2) is 5.76 Å². The zero-order valence-electron chi connectivity index (χ0n) is 15.7. The van der Waals surface area contributed by atoms with Crippen molar-refractivity contribution in [3.63, 3.8) is 0 Å². The highest BCUT2D eigenvalue weighted by molar-refractivity contribution is 6.04. The molecule has 6 heteroatoms. The number of amides is 2. The molecule has 2 aromatic rings. The first-order valence-electron chi connectivity index (χ1n) is 9.55. The Morgan fingerprint density at radius 3 is 2.63 bits per heavy atom. The van der Waals surface area contributed by atoms with Crippen molar-refractivity contribution in [3.05, 3.63) is 53.5 Å². The van der Waals surface area contributed by atoms with Crippen LogP contribution < -0.4 is 16.4 Å². The predicted molar refractivity (Wildman–Crippen MR) is 105 cm³/mol. The summed E-state index contributed by atoms with van der Waals surface area (Å²) in [5.74, 6) is 0.160. The van der Waals surface area contributed by atoms with Crippen LogP contribution in [0.3, 0.4) is 0 Å².